The van der Waals surface area contributed by atoms with Crippen molar-refractivity contribution in [2.24, 2.45) is 0 Å². The van der Waals surface area contributed by atoms with E-state index >= 15 is 0 Å². The molecule has 0 aliphatic heterocycles. The standard InChI is InChI=1S/C9H6ClNO4S/c1-2-3-7-4-5-8(16(10,14)15)6-9(7)11(12)13/h4-6H,1H3. The number of nitro groups is 1. The van der Waals surface area contributed by atoms with Crippen molar-refractivity contribution in [3.63, 3.8) is 0 Å². The van der Waals surface area contributed by atoms with Gasteiger partial charge in [-0.1, -0.05) is 5.92 Å². The summed E-state index contributed by atoms with van der Waals surface area (Å²) in [5.74, 6) is 5.01. The first-order valence-electron chi connectivity index (χ1n) is 4.02. The van der Waals surface area contributed by atoms with E-state index in [2.05, 4.69) is 11.8 Å². The van der Waals surface area contributed by atoms with Gasteiger partial charge in [0.2, 0.25) is 0 Å². The largest absolute Gasteiger partial charge is 0.286 e. The van der Waals surface area contributed by atoms with Crippen molar-refractivity contribution >= 4 is 25.4 Å². The van der Waals surface area contributed by atoms with Crippen LogP contribution in [0.15, 0.2) is 23.1 Å². The van der Waals surface area contributed by atoms with Crippen LogP contribution in [-0.2, 0) is 9.05 Å². The van der Waals surface area contributed by atoms with Gasteiger partial charge in [0.1, 0.15) is 5.56 Å². The van der Waals surface area contributed by atoms with Gasteiger partial charge in [0.15, 0.2) is 0 Å². The summed E-state index contributed by atoms with van der Waals surface area (Å²) in [6.07, 6.45) is 0. The molecule has 0 fully saturated rings. The van der Waals surface area contributed by atoms with E-state index in [1.54, 1.807) is 0 Å². The molecule has 1 aromatic rings. The fourth-order valence-corrected chi connectivity index (χ4v) is 1.83. The molecular weight excluding hydrogens is 254 g/mol. The zero-order chi connectivity index (χ0) is 12.3. The van der Waals surface area contributed by atoms with Crippen molar-refractivity contribution < 1.29 is 13.3 Å². The summed E-state index contributed by atoms with van der Waals surface area (Å²) in [6.45, 7) is 1.52. The molecule has 5 nitrogen and oxygen atoms in total. The lowest BCUT2D eigenvalue weighted by Crippen LogP contribution is -1.96. The lowest BCUT2D eigenvalue weighted by molar-refractivity contribution is -0.385. The first-order chi connectivity index (χ1) is 7.36. The Balaban J connectivity index is 3.50. The molecule has 0 radical (unpaired) electrons. The van der Waals surface area contributed by atoms with E-state index in [1.807, 2.05) is 0 Å². The Kier molecular flexibility index (Phi) is 3.52. The molecule has 0 saturated heterocycles. The number of hydrogen-bond acceptors (Lipinski definition) is 4. The Bertz CT molecular complexity index is 598. The molecule has 1 aromatic carbocycles. The van der Waals surface area contributed by atoms with E-state index in [4.69, 9.17) is 10.7 Å². The highest BCUT2D eigenvalue weighted by molar-refractivity contribution is 8.13. The van der Waals surface area contributed by atoms with E-state index in [9.17, 15) is 18.5 Å². The Hall–Kier alpha value is -1.58. The van der Waals surface area contributed by atoms with Gasteiger partial charge in [-0.15, -0.1) is 5.92 Å². The van der Waals surface area contributed by atoms with Gasteiger partial charge in [-0.2, -0.15) is 0 Å². The number of nitro benzene ring substituents is 1. The Morgan fingerprint density at radius 1 is 1.44 bits per heavy atom. The number of halogens is 1. The monoisotopic (exact) mass is 259 g/mol. The van der Waals surface area contributed by atoms with Crippen LogP contribution in [0, 0.1) is 22.0 Å². The first kappa shape index (κ1) is 12.5. The van der Waals surface area contributed by atoms with Crippen molar-refractivity contribution in [3.8, 4) is 11.8 Å². The molecule has 0 unspecified atom stereocenters. The average Bonchev–Trinajstić information content (AvgIpc) is 2.16. The minimum atomic E-state index is -3.97. The van der Waals surface area contributed by atoms with E-state index in [0.29, 0.717) is 0 Å². The summed E-state index contributed by atoms with van der Waals surface area (Å²) in [4.78, 5) is 9.66. The summed E-state index contributed by atoms with van der Waals surface area (Å²) >= 11 is 0. The summed E-state index contributed by atoms with van der Waals surface area (Å²) in [5.41, 5.74) is -0.229. The summed E-state index contributed by atoms with van der Waals surface area (Å²) in [5, 5.41) is 10.7. The van der Waals surface area contributed by atoms with Crippen molar-refractivity contribution in [2.45, 2.75) is 11.8 Å². The van der Waals surface area contributed by atoms with Crippen molar-refractivity contribution in [1.82, 2.24) is 0 Å². The van der Waals surface area contributed by atoms with Gasteiger partial charge >= 0.3 is 0 Å². The summed E-state index contributed by atoms with van der Waals surface area (Å²) in [6, 6.07) is 3.32. The van der Waals surface area contributed by atoms with Gasteiger partial charge in [-0.05, 0) is 19.1 Å². The Morgan fingerprint density at radius 3 is 2.50 bits per heavy atom. The molecule has 0 amide bonds. The van der Waals surface area contributed by atoms with Gasteiger partial charge in [0.25, 0.3) is 14.7 Å². The third-order valence-corrected chi connectivity index (χ3v) is 3.06. The molecule has 1 rings (SSSR count). The number of rotatable bonds is 2. The molecule has 0 heterocycles. The van der Waals surface area contributed by atoms with Crippen LogP contribution in [0.25, 0.3) is 0 Å². The van der Waals surface area contributed by atoms with E-state index in [0.717, 1.165) is 6.07 Å². The zero-order valence-corrected chi connectivity index (χ0v) is 9.67. The molecule has 0 bridgehead atoms. The molecule has 0 aliphatic carbocycles. The third-order valence-electron chi connectivity index (χ3n) is 1.71. The normalized spacial score (nSPS) is 10.4. The molecule has 0 saturated carbocycles. The minimum absolute atomic E-state index is 0.150. The smallest absolute Gasteiger partial charge is 0.258 e. The second-order valence-corrected chi connectivity index (χ2v) is 5.31. The molecule has 0 atom stereocenters. The molecule has 0 N–H and O–H groups in total. The van der Waals surface area contributed by atoms with Gasteiger partial charge in [0.05, 0.1) is 9.82 Å². The van der Waals surface area contributed by atoms with Crippen LogP contribution in [0.1, 0.15) is 12.5 Å². The van der Waals surface area contributed by atoms with Crippen LogP contribution in [0.4, 0.5) is 5.69 Å². The quantitative estimate of drug-likeness (QED) is 0.352. The first-order valence-corrected chi connectivity index (χ1v) is 6.33. The van der Waals surface area contributed by atoms with Crippen LogP contribution in [0.2, 0.25) is 0 Å². The van der Waals surface area contributed by atoms with Crippen LogP contribution in [0.3, 0.4) is 0 Å². The molecule has 7 heteroatoms. The number of nitrogens with zero attached hydrogens (tertiary/aromatic N) is 1. The second kappa shape index (κ2) is 4.51. The summed E-state index contributed by atoms with van der Waals surface area (Å²) < 4.78 is 22.0. The predicted octanol–water partition coefficient (Wildman–Crippen LogP) is 1.89. The lowest BCUT2D eigenvalue weighted by Gasteiger charge is -1.98. The van der Waals surface area contributed by atoms with Gasteiger partial charge in [0, 0.05) is 16.7 Å². The Morgan fingerprint density at radius 2 is 2.06 bits per heavy atom. The van der Waals surface area contributed by atoms with E-state index < -0.39 is 14.0 Å². The predicted molar refractivity (Wildman–Crippen MR) is 58.7 cm³/mol. The third kappa shape index (κ3) is 2.72. The molecule has 84 valence electrons. The zero-order valence-electron chi connectivity index (χ0n) is 8.10. The molecule has 16 heavy (non-hydrogen) atoms. The lowest BCUT2D eigenvalue weighted by atomic mass is 10.2. The maximum atomic E-state index is 11.0. The van der Waals surface area contributed by atoms with Gasteiger partial charge in [-0.25, -0.2) is 8.42 Å². The highest BCUT2D eigenvalue weighted by Crippen LogP contribution is 2.24. The van der Waals surface area contributed by atoms with Crippen molar-refractivity contribution in [1.29, 1.82) is 0 Å². The van der Waals surface area contributed by atoms with Crippen molar-refractivity contribution in [2.75, 3.05) is 0 Å². The summed E-state index contributed by atoms with van der Waals surface area (Å²) in [7, 11) is 1.11. The van der Waals surface area contributed by atoms with E-state index in [-0.39, 0.29) is 16.1 Å². The maximum absolute atomic E-state index is 11.0. The maximum Gasteiger partial charge on any atom is 0.286 e. The van der Waals surface area contributed by atoms with Crippen LogP contribution < -0.4 is 0 Å². The average molecular weight is 260 g/mol. The topological polar surface area (TPSA) is 77.3 Å². The molecule has 0 aromatic heterocycles. The second-order valence-electron chi connectivity index (χ2n) is 2.75. The van der Waals surface area contributed by atoms with Crippen LogP contribution >= 0.6 is 10.7 Å². The minimum Gasteiger partial charge on any atom is -0.258 e. The highest BCUT2D eigenvalue weighted by Gasteiger charge is 2.18. The van der Waals surface area contributed by atoms with Crippen LogP contribution in [-0.4, -0.2) is 13.3 Å². The van der Waals surface area contributed by atoms with Crippen molar-refractivity contribution in [3.05, 3.63) is 33.9 Å². The fourth-order valence-electron chi connectivity index (χ4n) is 1.05. The highest BCUT2D eigenvalue weighted by atomic mass is 35.7. The molecular formula is C9H6ClNO4S. The van der Waals surface area contributed by atoms with Gasteiger partial charge < -0.3 is 0 Å². The SMILES string of the molecule is CC#Cc1ccc(S(=O)(=O)Cl)cc1[N+](=O)[O-]. The van der Waals surface area contributed by atoms with Gasteiger partial charge in [-0.3, -0.25) is 10.1 Å². The Labute approximate surface area is 96.6 Å². The number of benzene rings is 1. The van der Waals surface area contributed by atoms with Crippen LogP contribution in [0.5, 0.6) is 0 Å². The van der Waals surface area contributed by atoms with E-state index in [1.165, 1.54) is 19.1 Å². The fraction of sp³-hybridized carbons (Fsp3) is 0.111. The number of hydrogen-bond donors (Lipinski definition) is 0. The molecule has 0 spiro atoms. The molecule has 0 aliphatic rings.